The van der Waals surface area contributed by atoms with E-state index in [1.807, 2.05) is 18.2 Å². The third kappa shape index (κ3) is 3.00. The molecule has 3 rings (SSSR count). The SMILES string of the molecule is CC(C)(C)c1cc(Nc2ncnc3ncccc23)c(C(N)=O)s1. The first-order valence-corrected chi connectivity index (χ1v) is 7.95. The number of hydrogen-bond acceptors (Lipinski definition) is 6. The Morgan fingerprint density at radius 1 is 1.26 bits per heavy atom. The van der Waals surface area contributed by atoms with E-state index in [1.54, 1.807) is 6.20 Å². The Hall–Kier alpha value is -2.54. The lowest BCUT2D eigenvalue weighted by molar-refractivity contribution is 0.100. The number of aromatic nitrogens is 3. The number of nitrogens with one attached hydrogen (secondary N) is 1. The summed E-state index contributed by atoms with van der Waals surface area (Å²) in [6.07, 6.45) is 3.12. The van der Waals surface area contributed by atoms with Crippen molar-refractivity contribution in [1.82, 2.24) is 15.0 Å². The number of primary amides is 1. The van der Waals surface area contributed by atoms with Gasteiger partial charge in [-0.1, -0.05) is 20.8 Å². The molecule has 0 radical (unpaired) electrons. The molecule has 0 saturated heterocycles. The Labute approximate surface area is 137 Å². The molecule has 0 aliphatic rings. The number of hydrogen-bond donors (Lipinski definition) is 2. The van der Waals surface area contributed by atoms with E-state index in [4.69, 9.17) is 5.73 Å². The summed E-state index contributed by atoms with van der Waals surface area (Å²) in [7, 11) is 0. The van der Waals surface area contributed by atoms with Crippen LogP contribution in [0.4, 0.5) is 11.5 Å². The van der Waals surface area contributed by atoms with Crippen molar-refractivity contribution in [2.24, 2.45) is 5.73 Å². The van der Waals surface area contributed by atoms with E-state index in [1.165, 1.54) is 17.7 Å². The van der Waals surface area contributed by atoms with Crippen molar-refractivity contribution < 1.29 is 4.79 Å². The van der Waals surface area contributed by atoms with Gasteiger partial charge in [-0.2, -0.15) is 0 Å². The van der Waals surface area contributed by atoms with Gasteiger partial charge in [-0.3, -0.25) is 4.79 Å². The number of fused-ring (bicyclic) bond motifs is 1. The van der Waals surface area contributed by atoms with Gasteiger partial charge in [0.05, 0.1) is 11.1 Å². The predicted octanol–water partition coefficient (Wildman–Crippen LogP) is 3.23. The number of nitrogens with zero attached hydrogens (tertiary/aromatic N) is 3. The normalized spacial score (nSPS) is 11.6. The van der Waals surface area contributed by atoms with Crippen molar-refractivity contribution in [2.75, 3.05) is 5.32 Å². The van der Waals surface area contributed by atoms with Gasteiger partial charge < -0.3 is 11.1 Å². The molecule has 0 aromatic carbocycles. The van der Waals surface area contributed by atoms with Crippen molar-refractivity contribution in [3.8, 4) is 0 Å². The predicted molar refractivity (Wildman–Crippen MR) is 92.2 cm³/mol. The van der Waals surface area contributed by atoms with Crippen LogP contribution in [-0.2, 0) is 5.41 Å². The van der Waals surface area contributed by atoms with Gasteiger partial charge >= 0.3 is 0 Å². The van der Waals surface area contributed by atoms with E-state index in [-0.39, 0.29) is 5.41 Å². The minimum atomic E-state index is -0.454. The fourth-order valence-electron chi connectivity index (χ4n) is 2.16. The molecule has 1 amide bonds. The van der Waals surface area contributed by atoms with Gasteiger partial charge in [-0.15, -0.1) is 11.3 Å². The van der Waals surface area contributed by atoms with Crippen molar-refractivity contribution in [2.45, 2.75) is 26.2 Å². The summed E-state index contributed by atoms with van der Waals surface area (Å²) >= 11 is 1.40. The molecule has 0 unspecified atom stereocenters. The largest absolute Gasteiger partial charge is 0.365 e. The summed E-state index contributed by atoms with van der Waals surface area (Å²) in [6.45, 7) is 6.28. The second-order valence-electron chi connectivity index (χ2n) is 6.19. The van der Waals surface area contributed by atoms with Crippen LogP contribution < -0.4 is 11.1 Å². The van der Waals surface area contributed by atoms with E-state index < -0.39 is 5.91 Å². The molecule has 118 valence electrons. The van der Waals surface area contributed by atoms with Crippen molar-refractivity contribution in [3.05, 3.63) is 40.5 Å². The third-order valence-electron chi connectivity index (χ3n) is 3.36. The van der Waals surface area contributed by atoms with Gasteiger partial charge in [-0.25, -0.2) is 15.0 Å². The van der Waals surface area contributed by atoms with Gasteiger partial charge in [0.2, 0.25) is 0 Å². The smallest absolute Gasteiger partial charge is 0.260 e. The zero-order valence-corrected chi connectivity index (χ0v) is 13.9. The van der Waals surface area contributed by atoms with Crippen LogP contribution in [0.5, 0.6) is 0 Å². The van der Waals surface area contributed by atoms with Crippen LogP contribution in [-0.4, -0.2) is 20.9 Å². The number of carbonyl (C=O) groups excluding carboxylic acids is 1. The number of anilines is 2. The van der Waals surface area contributed by atoms with E-state index in [9.17, 15) is 4.79 Å². The minimum Gasteiger partial charge on any atom is -0.365 e. The van der Waals surface area contributed by atoms with Crippen molar-refractivity contribution in [1.29, 1.82) is 0 Å². The van der Waals surface area contributed by atoms with Gasteiger partial charge in [0.1, 0.15) is 17.0 Å². The van der Waals surface area contributed by atoms with Crippen LogP contribution in [0.25, 0.3) is 11.0 Å². The molecule has 0 fully saturated rings. The summed E-state index contributed by atoms with van der Waals surface area (Å²) in [5.74, 6) is 0.147. The monoisotopic (exact) mass is 327 g/mol. The first-order chi connectivity index (χ1) is 10.9. The van der Waals surface area contributed by atoms with Gasteiger partial charge in [0, 0.05) is 11.1 Å². The highest BCUT2D eigenvalue weighted by molar-refractivity contribution is 7.14. The maximum absolute atomic E-state index is 11.8. The maximum Gasteiger partial charge on any atom is 0.260 e. The molecule has 7 heteroatoms. The Bertz CT molecular complexity index is 876. The molecule has 23 heavy (non-hydrogen) atoms. The maximum atomic E-state index is 11.8. The average molecular weight is 327 g/mol. The number of carbonyl (C=O) groups is 1. The first-order valence-electron chi connectivity index (χ1n) is 7.13. The summed E-state index contributed by atoms with van der Waals surface area (Å²) in [5, 5.41) is 3.99. The summed E-state index contributed by atoms with van der Waals surface area (Å²) < 4.78 is 0. The molecular weight excluding hydrogens is 310 g/mol. The van der Waals surface area contributed by atoms with Crippen LogP contribution >= 0.6 is 11.3 Å². The second kappa shape index (κ2) is 5.58. The Morgan fingerprint density at radius 2 is 2.04 bits per heavy atom. The molecule has 3 heterocycles. The molecule has 6 nitrogen and oxygen atoms in total. The van der Waals surface area contributed by atoms with Crippen LogP contribution in [0, 0.1) is 0 Å². The zero-order chi connectivity index (χ0) is 16.6. The minimum absolute atomic E-state index is 0.0654. The zero-order valence-electron chi connectivity index (χ0n) is 13.1. The molecule has 3 aromatic heterocycles. The molecule has 3 N–H and O–H groups in total. The molecule has 0 atom stereocenters. The van der Waals surface area contributed by atoms with E-state index in [0.717, 1.165) is 10.3 Å². The third-order valence-corrected chi connectivity index (χ3v) is 4.93. The fraction of sp³-hybridized carbons (Fsp3) is 0.250. The second-order valence-corrected chi connectivity index (χ2v) is 7.24. The number of amides is 1. The average Bonchev–Trinajstić information content (AvgIpc) is 2.92. The molecule has 3 aromatic rings. The molecule has 0 saturated carbocycles. The standard InChI is InChI=1S/C16H17N5OS/c1-16(2,3)11-7-10(12(23-11)13(17)22)21-15-9-5-4-6-18-14(9)19-8-20-15/h4-8H,1-3H3,(H2,17,22)(H,18,19,20,21). The summed E-state index contributed by atoms with van der Waals surface area (Å²) in [5.41, 5.74) is 6.72. The first kappa shape index (κ1) is 15.4. The summed E-state index contributed by atoms with van der Waals surface area (Å²) in [4.78, 5) is 25.9. The number of nitrogens with two attached hydrogens (primary N) is 1. The van der Waals surface area contributed by atoms with Crippen LogP contribution in [0.15, 0.2) is 30.7 Å². The quantitative estimate of drug-likeness (QED) is 0.770. The lowest BCUT2D eigenvalue weighted by Crippen LogP contribution is -2.11. The Balaban J connectivity index is 2.08. The Kier molecular flexibility index (Phi) is 3.73. The molecule has 0 spiro atoms. The van der Waals surface area contributed by atoms with Crippen molar-refractivity contribution >= 4 is 39.8 Å². The highest BCUT2D eigenvalue weighted by atomic mass is 32.1. The van der Waals surface area contributed by atoms with Crippen molar-refractivity contribution in [3.63, 3.8) is 0 Å². The van der Waals surface area contributed by atoms with E-state index in [0.29, 0.717) is 22.0 Å². The number of pyridine rings is 1. The highest BCUT2D eigenvalue weighted by Gasteiger charge is 2.22. The lowest BCUT2D eigenvalue weighted by Gasteiger charge is -2.15. The molecule has 0 aliphatic carbocycles. The molecular formula is C16H17N5OS. The van der Waals surface area contributed by atoms with Crippen LogP contribution in [0.3, 0.4) is 0 Å². The summed E-state index contributed by atoms with van der Waals surface area (Å²) in [6, 6.07) is 5.65. The molecule has 0 aliphatic heterocycles. The van der Waals surface area contributed by atoms with Gasteiger partial charge in [0.25, 0.3) is 5.91 Å². The van der Waals surface area contributed by atoms with Crippen LogP contribution in [0.1, 0.15) is 35.3 Å². The highest BCUT2D eigenvalue weighted by Crippen LogP contribution is 2.36. The molecule has 0 bridgehead atoms. The Morgan fingerprint density at radius 3 is 2.74 bits per heavy atom. The lowest BCUT2D eigenvalue weighted by atomic mass is 9.94. The topological polar surface area (TPSA) is 93.8 Å². The van der Waals surface area contributed by atoms with Gasteiger partial charge in [0.15, 0.2) is 5.65 Å². The number of thiophene rings is 1. The van der Waals surface area contributed by atoms with E-state index in [2.05, 4.69) is 41.0 Å². The van der Waals surface area contributed by atoms with Crippen LogP contribution in [0.2, 0.25) is 0 Å². The fourth-order valence-corrected chi connectivity index (χ4v) is 3.18. The number of rotatable bonds is 3. The van der Waals surface area contributed by atoms with Gasteiger partial charge in [-0.05, 0) is 23.6 Å². The van der Waals surface area contributed by atoms with E-state index >= 15 is 0 Å².